The van der Waals surface area contributed by atoms with Gasteiger partial charge in [-0.2, -0.15) is 13.2 Å². The fourth-order valence-electron chi connectivity index (χ4n) is 1.20. The molecule has 2 atom stereocenters. The SMILES string of the molecule is CCC(C)C(C)(O)CNC(=O)CSCC(F)(F)F. The molecule has 108 valence electrons. The summed E-state index contributed by atoms with van der Waals surface area (Å²) in [5.74, 6) is -1.79. The molecule has 0 bridgehead atoms. The molecule has 0 saturated heterocycles. The third kappa shape index (κ3) is 7.81. The Bertz CT molecular complexity index is 270. The van der Waals surface area contributed by atoms with Crippen molar-refractivity contribution in [3.8, 4) is 0 Å². The zero-order chi connectivity index (χ0) is 14.4. The molecule has 0 heterocycles. The lowest BCUT2D eigenvalue weighted by atomic mass is 9.89. The molecule has 0 rings (SSSR count). The van der Waals surface area contributed by atoms with Gasteiger partial charge in [0.1, 0.15) is 0 Å². The van der Waals surface area contributed by atoms with E-state index in [1.54, 1.807) is 6.92 Å². The number of carbonyl (C=O) groups excluding carboxylic acids is 1. The van der Waals surface area contributed by atoms with Crippen LogP contribution in [0.15, 0.2) is 0 Å². The highest BCUT2D eigenvalue weighted by Crippen LogP contribution is 2.21. The van der Waals surface area contributed by atoms with Gasteiger partial charge in [-0.05, 0) is 12.8 Å². The zero-order valence-electron chi connectivity index (χ0n) is 10.8. The molecule has 0 aromatic rings. The number of nitrogens with one attached hydrogen (secondary N) is 1. The first-order valence-electron chi connectivity index (χ1n) is 5.72. The van der Waals surface area contributed by atoms with E-state index in [2.05, 4.69) is 5.32 Å². The molecule has 7 heteroatoms. The summed E-state index contributed by atoms with van der Waals surface area (Å²) >= 11 is 0.514. The van der Waals surface area contributed by atoms with Crippen LogP contribution in [0.25, 0.3) is 0 Å². The minimum atomic E-state index is -4.26. The van der Waals surface area contributed by atoms with Crippen molar-refractivity contribution in [1.82, 2.24) is 5.32 Å². The molecule has 0 aliphatic carbocycles. The first-order valence-corrected chi connectivity index (χ1v) is 6.87. The average Bonchev–Trinajstić information content (AvgIpc) is 2.23. The lowest BCUT2D eigenvalue weighted by Gasteiger charge is -2.29. The van der Waals surface area contributed by atoms with Crippen LogP contribution in [0.3, 0.4) is 0 Å². The molecular weight excluding hydrogens is 267 g/mol. The monoisotopic (exact) mass is 287 g/mol. The summed E-state index contributed by atoms with van der Waals surface area (Å²) in [6, 6.07) is 0. The van der Waals surface area contributed by atoms with E-state index in [1.807, 2.05) is 13.8 Å². The predicted molar refractivity (Wildman–Crippen MR) is 66.5 cm³/mol. The van der Waals surface area contributed by atoms with Gasteiger partial charge in [0.25, 0.3) is 0 Å². The van der Waals surface area contributed by atoms with E-state index < -0.39 is 23.4 Å². The number of thioether (sulfide) groups is 1. The Morgan fingerprint density at radius 2 is 2.00 bits per heavy atom. The molecule has 18 heavy (non-hydrogen) atoms. The smallest absolute Gasteiger partial charge is 0.388 e. The van der Waals surface area contributed by atoms with Crippen LogP contribution in [0.1, 0.15) is 27.2 Å². The number of carbonyl (C=O) groups is 1. The van der Waals surface area contributed by atoms with E-state index in [1.165, 1.54) is 0 Å². The third-order valence-electron chi connectivity index (χ3n) is 2.82. The van der Waals surface area contributed by atoms with Crippen molar-refractivity contribution in [3.63, 3.8) is 0 Å². The molecule has 0 aromatic heterocycles. The maximum absolute atomic E-state index is 11.8. The maximum atomic E-state index is 11.8. The van der Waals surface area contributed by atoms with E-state index >= 15 is 0 Å². The summed E-state index contributed by atoms with van der Waals surface area (Å²) in [5.41, 5.74) is -1.04. The van der Waals surface area contributed by atoms with Crippen molar-refractivity contribution in [2.75, 3.05) is 18.1 Å². The van der Waals surface area contributed by atoms with Crippen LogP contribution in [0.4, 0.5) is 13.2 Å². The van der Waals surface area contributed by atoms with Gasteiger partial charge in [0.2, 0.25) is 5.91 Å². The maximum Gasteiger partial charge on any atom is 0.397 e. The Balaban J connectivity index is 3.90. The fraction of sp³-hybridized carbons (Fsp3) is 0.909. The highest BCUT2D eigenvalue weighted by atomic mass is 32.2. The predicted octanol–water partition coefficient (Wildman–Crippen LogP) is 2.20. The van der Waals surface area contributed by atoms with Gasteiger partial charge in [-0.15, -0.1) is 11.8 Å². The third-order valence-corrected chi connectivity index (χ3v) is 3.81. The molecule has 0 aliphatic rings. The number of hydrogen-bond acceptors (Lipinski definition) is 3. The van der Waals surface area contributed by atoms with Crippen molar-refractivity contribution in [2.45, 2.75) is 39.0 Å². The number of amides is 1. The number of aliphatic hydroxyl groups is 1. The molecule has 1 amide bonds. The van der Waals surface area contributed by atoms with Gasteiger partial charge in [-0.3, -0.25) is 4.79 Å². The van der Waals surface area contributed by atoms with Crippen LogP contribution < -0.4 is 5.32 Å². The van der Waals surface area contributed by atoms with Crippen LogP contribution in [0, 0.1) is 5.92 Å². The molecule has 2 N–H and O–H groups in total. The van der Waals surface area contributed by atoms with Gasteiger partial charge in [0, 0.05) is 6.54 Å². The van der Waals surface area contributed by atoms with Gasteiger partial charge < -0.3 is 10.4 Å². The van der Waals surface area contributed by atoms with E-state index in [-0.39, 0.29) is 18.2 Å². The van der Waals surface area contributed by atoms with Crippen LogP contribution in [-0.2, 0) is 4.79 Å². The van der Waals surface area contributed by atoms with Crippen LogP contribution >= 0.6 is 11.8 Å². The molecule has 0 spiro atoms. The second kappa shape index (κ2) is 7.23. The van der Waals surface area contributed by atoms with Crippen molar-refractivity contribution < 1.29 is 23.1 Å². The standard InChI is InChI=1S/C11H20F3NO2S/c1-4-8(2)10(3,17)6-15-9(16)5-18-7-11(12,13)14/h8,17H,4-7H2,1-3H3,(H,15,16). The Kier molecular flexibility index (Phi) is 7.06. The van der Waals surface area contributed by atoms with E-state index in [0.29, 0.717) is 11.8 Å². The summed E-state index contributed by atoms with van der Waals surface area (Å²) in [6.45, 7) is 5.42. The van der Waals surface area contributed by atoms with Gasteiger partial charge in [-0.25, -0.2) is 0 Å². The molecule has 0 saturated carbocycles. The van der Waals surface area contributed by atoms with E-state index in [0.717, 1.165) is 6.42 Å². The Morgan fingerprint density at radius 1 is 1.44 bits per heavy atom. The fourth-order valence-corrected chi connectivity index (χ4v) is 1.82. The zero-order valence-corrected chi connectivity index (χ0v) is 11.6. The van der Waals surface area contributed by atoms with Crippen molar-refractivity contribution in [1.29, 1.82) is 0 Å². The highest BCUT2D eigenvalue weighted by Gasteiger charge is 2.29. The molecule has 3 nitrogen and oxygen atoms in total. The largest absolute Gasteiger partial charge is 0.397 e. The summed E-state index contributed by atoms with van der Waals surface area (Å²) in [6.07, 6.45) is -3.50. The molecule has 0 fully saturated rings. The lowest BCUT2D eigenvalue weighted by Crippen LogP contribution is -2.45. The van der Waals surface area contributed by atoms with E-state index in [9.17, 15) is 23.1 Å². The first-order chi connectivity index (χ1) is 8.08. The molecule has 0 aliphatic heterocycles. The molecule has 0 aromatic carbocycles. The Morgan fingerprint density at radius 3 is 2.44 bits per heavy atom. The second-order valence-corrected chi connectivity index (χ2v) is 5.54. The van der Waals surface area contributed by atoms with Gasteiger partial charge in [0.15, 0.2) is 0 Å². The Hall–Kier alpha value is -0.430. The number of rotatable bonds is 7. The number of alkyl halides is 3. The normalized spacial score (nSPS) is 17.1. The Labute approximate surface area is 110 Å². The van der Waals surface area contributed by atoms with Gasteiger partial charge in [-0.1, -0.05) is 20.3 Å². The number of hydrogen-bond donors (Lipinski definition) is 2. The summed E-state index contributed by atoms with van der Waals surface area (Å²) in [5, 5.41) is 12.4. The molecule has 0 radical (unpaired) electrons. The highest BCUT2D eigenvalue weighted by molar-refractivity contribution is 8.00. The summed E-state index contributed by atoms with van der Waals surface area (Å²) in [7, 11) is 0. The first kappa shape index (κ1) is 17.6. The van der Waals surface area contributed by atoms with Crippen LogP contribution in [0.5, 0.6) is 0 Å². The van der Waals surface area contributed by atoms with Crippen LogP contribution in [-0.4, -0.2) is 40.8 Å². The lowest BCUT2D eigenvalue weighted by molar-refractivity contribution is -0.120. The summed E-state index contributed by atoms with van der Waals surface area (Å²) in [4.78, 5) is 11.3. The summed E-state index contributed by atoms with van der Waals surface area (Å²) < 4.78 is 35.5. The number of halogens is 3. The second-order valence-electron chi connectivity index (χ2n) is 4.55. The van der Waals surface area contributed by atoms with Gasteiger partial charge >= 0.3 is 6.18 Å². The quantitative estimate of drug-likeness (QED) is 0.754. The van der Waals surface area contributed by atoms with Crippen molar-refractivity contribution >= 4 is 17.7 Å². The van der Waals surface area contributed by atoms with Crippen molar-refractivity contribution in [3.05, 3.63) is 0 Å². The average molecular weight is 287 g/mol. The molecule has 2 unspecified atom stereocenters. The topological polar surface area (TPSA) is 49.3 Å². The minimum absolute atomic E-state index is 0.000582. The van der Waals surface area contributed by atoms with Gasteiger partial charge in [0.05, 0.1) is 17.1 Å². The van der Waals surface area contributed by atoms with E-state index in [4.69, 9.17) is 0 Å². The van der Waals surface area contributed by atoms with Crippen LogP contribution in [0.2, 0.25) is 0 Å². The molecular formula is C11H20F3NO2S. The minimum Gasteiger partial charge on any atom is -0.388 e. The van der Waals surface area contributed by atoms with Crippen molar-refractivity contribution in [2.24, 2.45) is 5.92 Å².